The highest BCUT2D eigenvalue weighted by Crippen LogP contribution is 2.09. The Kier molecular flexibility index (Phi) is 2.39. The minimum Gasteiger partial charge on any atom is -0.0848 e. The van der Waals surface area contributed by atoms with Gasteiger partial charge in [0.25, 0.3) is 0 Å². The van der Waals surface area contributed by atoms with E-state index in [9.17, 15) is 0 Å². The third-order valence-corrected chi connectivity index (χ3v) is 0.620. The van der Waals surface area contributed by atoms with Crippen LogP contribution in [0.4, 0.5) is 0 Å². The molecule has 0 saturated carbocycles. The van der Waals surface area contributed by atoms with E-state index in [0.717, 1.165) is 0 Å². The number of hydrogen-bond acceptors (Lipinski definition) is 0. The van der Waals surface area contributed by atoms with E-state index in [1.54, 1.807) is 0 Å². The Balaban J connectivity index is 3.72. The molecule has 40 valence electrons. The van der Waals surface area contributed by atoms with Crippen molar-refractivity contribution in [1.29, 1.82) is 0 Å². The molecule has 0 fully saturated rings. The molecule has 0 aliphatic carbocycles. The van der Waals surface area contributed by atoms with E-state index in [1.165, 1.54) is 0 Å². The normalized spacial score (nSPS) is 9.71. The summed E-state index contributed by atoms with van der Waals surface area (Å²) >= 11 is 3.02. The third-order valence-electron chi connectivity index (χ3n) is 0.422. The van der Waals surface area contributed by atoms with Crippen LogP contribution in [0.3, 0.4) is 0 Å². The lowest BCUT2D eigenvalue weighted by Crippen LogP contribution is -1.98. The van der Waals surface area contributed by atoms with Gasteiger partial charge in [0.2, 0.25) is 0 Å². The van der Waals surface area contributed by atoms with Crippen LogP contribution in [0.1, 0.15) is 20.8 Å². The molecule has 0 aromatic rings. The second-order valence-electron chi connectivity index (χ2n) is 2.47. The Morgan fingerprint density at radius 2 is 1.71 bits per heavy atom. The molecule has 0 aliphatic heterocycles. The summed E-state index contributed by atoms with van der Waals surface area (Å²) in [4.78, 5) is 2.67. The summed E-state index contributed by atoms with van der Waals surface area (Å²) in [5.41, 5.74) is 0.142. The largest absolute Gasteiger partial charge is 0.0848 e. The first-order chi connectivity index (χ1) is 3.06. The summed E-state index contributed by atoms with van der Waals surface area (Å²) < 4.78 is 0. The van der Waals surface area contributed by atoms with Gasteiger partial charge in [0.05, 0.1) is 0 Å². The molecule has 0 bridgehead atoms. The predicted octanol–water partition coefficient (Wildman–Crippen LogP) is 2.39. The van der Waals surface area contributed by atoms with Crippen molar-refractivity contribution in [2.24, 2.45) is 5.41 Å². The first-order valence-corrected chi connectivity index (χ1v) is 2.98. The summed E-state index contributed by atoms with van der Waals surface area (Å²) in [5.74, 6) is 2.95. The fourth-order valence-corrected chi connectivity index (χ4v) is 0.736. The van der Waals surface area contributed by atoms with Crippen LogP contribution in [0, 0.1) is 16.2 Å². The van der Waals surface area contributed by atoms with E-state index in [2.05, 4.69) is 47.5 Å². The maximum absolute atomic E-state index is 3.02. The van der Waals surface area contributed by atoms with Gasteiger partial charge >= 0.3 is 0 Å². The molecular weight excluding hydrogens is 152 g/mol. The molecule has 0 aromatic heterocycles. The second-order valence-corrected chi connectivity index (χ2v) is 2.87. The van der Waals surface area contributed by atoms with Gasteiger partial charge in [0.1, 0.15) is 0 Å². The molecule has 0 heterocycles. The highest BCUT2D eigenvalue weighted by molar-refractivity contribution is 9.12. The Morgan fingerprint density at radius 3 is 1.71 bits per heavy atom. The molecule has 0 aromatic carbocycles. The van der Waals surface area contributed by atoms with Gasteiger partial charge in [0, 0.05) is 21.3 Å². The molecule has 0 atom stereocenters. The van der Waals surface area contributed by atoms with Crippen molar-refractivity contribution < 1.29 is 0 Å². The van der Waals surface area contributed by atoms with Gasteiger partial charge in [-0.05, 0) is 25.6 Å². The predicted molar refractivity (Wildman–Crippen MR) is 36.2 cm³/mol. The summed E-state index contributed by atoms with van der Waals surface area (Å²) in [7, 11) is 0. The maximum atomic E-state index is 3.02. The molecular formula is C6H9Br. The zero-order valence-electron chi connectivity index (χ0n) is 4.88. The van der Waals surface area contributed by atoms with Crippen molar-refractivity contribution in [3.05, 3.63) is 0 Å². The van der Waals surface area contributed by atoms with Crippen LogP contribution in [0.25, 0.3) is 0 Å². The van der Waals surface area contributed by atoms with Crippen molar-refractivity contribution in [1.82, 2.24) is 0 Å². The lowest BCUT2D eigenvalue weighted by Gasteiger charge is -2.05. The summed E-state index contributed by atoms with van der Waals surface area (Å²) in [6.07, 6.45) is 0. The van der Waals surface area contributed by atoms with Gasteiger partial charge in [-0.1, -0.05) is 5.92 Å². The van der Waals surface area contributed by atoms with Crippen LogP contribution in [0.5, 0.6) is 0 Å². The molecule has 0 amide bonds. The lowest BCUT2D eigenvalue weighted by atomic mass is 9.99. The summed E-state index contributed by atoms with van der Waals surface area (Å²) in [6, 6.07) is 0. The van der Waals surface area contributed by atoms with Crippen molar-refractivity contribution in [3.63, 3.8) is 0 Å². The molecule has 0 unspecified atom stereocenters. The van der Waals surface area contributed by atoms with Crippen LogP contribution < -0.4 is 0 Å². The number of hydrogen-bond donors (Lipinski definition) is 0. The molecule has 0 aliphatic rings. The number of rotatable bonds is 0. The standard InChI is InChI=1S/C6H9Br/c1-6(2,3)4-5-7/h1-3H3. The fraction of sp³-hybridized carbons (Fsp3) is 0.667. The van der Waals surface area contributed by atoms with E-state index >= 15 is 0 Å². The van der Waals surface area contributed by atoms with Crippen molar-refractivity contribution in [3.8, 4) is 10.8 Å². The average molecular weight is 161 g/mol. The lowest BCUT2D eigenvalue weighted by molar-refractivity contribution is 0.571. The summed E-state index contributed by atoms with van der Waals surface area (Å²) in [6.45, 7) is 6.21. The Hall–Kier alpha value is 0.0400. The zero-order valence-corrected chi connectivity index (χ0v) is 6.46. The topological polar surface area (TPSA) is 0 Å². The molecule has 0 spiro atoms. The average Bonchev–Trinajstić information content (AvgIpc) is 1.30. The van der Waals surface area contributed by atoms with Crippen molar-refractivity contribution in [2.75, 3.05) is 0 Å². The molecule has 0 N–H and O–H groups in total. The van der Waals surface area contributed by atoms with Gasteiger partial charge in [-0.3, -0.25) is 0 Å². The first kappa shape index (κ1) is 7.04. The number of halogens is 1. The highest BCUT2D eigenvalue weighted by Gasteiger charge is 2.01. The van der Waals surface area contributed by atoms with Gasteiger partial charge in [-0.25, -0.2) is 0 Å². The SMILES string of the molecule is CC(C)(C)C#CBr. The van der Waals surface area contributed by atoms with E-state index < -0.39 is 0 Å². The Bertz CT molecular complexity index is 97.6. The molecule has 7 heavy (non-hydrogen) atoms. The van der Waals surface area contributed by atoms with Gasteiger partial charge in [0.15, 0.2) is 0 Å². The quantitative estimate of drug-likeness (QED) is 0.478. The molecule has 0 nitrogen and oxygen atoms in total. The zero-order chi connectivity index (χ0) is 5.91. The fourth-order valence-electron chi connectivity index (χ4n) is 0.142. The van der Waals surface area contributed by atoms with Gasteiger partial charge in [-0.15, -0.1) is 0 Å². The summed E-state index contributed by atoms with van der Waals surface area (Å²) in [5, 5.41) is 0. The van der Waals surface area contributed by atoms with Crippen LogP contribution in [0.15, 0.2) is 0 Å². The van der Waals surface area contributed by atoms with Crippen LogP contribution in [0.2, 0.25) is 0 Å². The second kappa shape index (κ2) is 2.37. The van der Waals surface area contributed by atoms with E-state index in [4.69, 9.17) is 0 Å². The minimum atomic E-state index is 0.142. The Morgan fingerprint density at radius 1 is 1.29 bits per heavy atom. The smallest absolute Gasteiger partial charge is 0.0239 e. The monoisotopic (exact) mass is 160 g/mol. The van der Waals surface area contributed by atoms with Crippen molar-refractivity contribution in [2.45, 2.75) is 20.8 Å². The molecule has 0 saturated heterocycles. The van der Waals surface area contributed by atoms with Crippen LogP contribution in [-0.2, 0) is 0 Å². The first-order valence-electron chi connectivity index (χ1n) is 2.19. The highest BCUT2D eigenvalue weighted by atomic mass is 79.9. The van der Waals surface area contributed by atoms with Gasteiger partial charge in [-0.2, -0.15) is 0 Å². The maximum Gasteiger partial charge on any atom is 0.0239 e. The van der Waals surface area contributed by atoms with Crippen LogP contribution >= 0.6 is 15.9 Å². The van der Waals surface area contributed by atoms with Crippen LogP contribution in [-0.4, -0.2) is 0 Å². The van der Waals surface area contributed by atoms with Gasteiger partial charge < -0.3 is 0 Å². The van der Waals surface area contributed by atoms with E-state index in [1.807, 2.05) is 0 Å². The third kappa shape index (κ3) is 6.04. The van der Waals surface area contributed by atoms with E-state index in [0.29, 0.717) is 0 Å². The minimum absolute atomic E-state index is 0.142. The van der Waals surface area contributed by atoms with E-state index in [-0.39, 0.29) is 5.41 Å². The Labute approximate surface area is 53.4 Å². The van der Waals surface area contributed by atoms with Crippen molar-refractivity contribution >= 4 is 15.9 Å². The molecule has 0 rings (SSSR count). The molecule has 0 radical (unpaired) electrons. The molecule has 1 heteroatoms.